The minimum atomic E-state index is -0.219. The van der Waals surface area contributed by atoms with Crippen LogP contribution in [-0.2, 0) is 14.4 Å². The second kappa shape index (κ2) is 8.54. The molecule has 0 aliphatic carbocycles. The zero-order valence-corrected chi connectivity index (χ0v) is 16.5. The van der Waals surface area contributed by atoms with Crippen LogP contribution in [0.1, 0.15) is 32.8 Å². The highest BCUT2D eigenvalue weighted by Gasteiger charge is 2.33. The van der Waals surface area contributed by atoms with Crippen LogP contribution in [0.15, 0.2) is 18.2 Å². The third kappa shape index (κ3) is 4.36. The molecule has 6 nitrogen and oxygen atoms in total. The molecule has 0 aromatic heterocycles. The number of hydrogen-bond donors (Lipinski definition) is 0. The van der Waals surface area contributed by atoms with Gasteiger partial charge in [-0.1, -0.05) is 38.4 Å². The Kier molecular flexibility index (Phi) is 6.64. The molecule has 0 atom stereocenters. The second-order valence-corrected chi connectivity index (χ2v) is 7.26. The van der Waals surface area contributed by atoms with Crippen LogP contribution in [0.5, 0.6) is 0 Å². The monoisotopic (exact) mass is 379 g/mol. The normalized spacial score (nSPS) is 14.3. The van der Waals surface area contributed by atoms with Crippen LogP contribution in [0.4, 0.5) is 5.69 Å². The lowest BCUT2D eigenvalue weighted by Gasteiger charge is -2.26. The minimum Gasteiger partial charge on any atom is -0.333 e. The van der Waals surface area contributed by atoms with E-state index in [9.17, 15) is 14.4 Å². The Balaban J connectivity index is 2.10. The first-order valence-corrected chi connectivity index (χ1v) is 9.26. The summed E-state index contributed by atoms with van der Waals surface area (Å²) in [7, 11) is 0. The highest BCUT2D eigenvalue weighted by atomic mass is 35.5. The molecule has 2 rings (SSSR count). The summed E-state index contributed by atoms with van der Waals surface area (Å²) in [5, 5.41) is 0.580. The van der Waals surface area contributed by atoms with E-state index in [4.69, 9.17) is 11.6 Å². The summed E-state index contributed by atoms with van der Waals surface area (Å²) in [6.45, 7) is 8.17. The van der Waals surface area contributed by atoms with E-state index in [1.165, 1.54) is 4.90 Å². The van der Waals surface area contributed by atoms with Crippen LogP contribution in [0.25, 0.3) is 0 Å². The number of rotatable bonds is 6. The van der Waals surface area contributed by atoms with Crippen molar-refractivity contribution in [2.75, 3.05) is 31.2 Å². The predicted molar refractivity (Wildman–Crippen MR) is 102 cm³/mol. The van der Waals surface area contributed by atoms with Gasteiger partial charge in [-0.2, -0.15) is 0 Å². The molecule has 1 heterocycles. The molecule has 7 heteroatoms. The largest absolute Gasteiger partial charge is 0.333 e. The zero-order valence-electron chi connectivity index (χ0n) is 15.8. The maximum Gasteiger partial charge on any atom is 0.248 e. The van der Waals surface area contributed by atoms with Gasteiger partial charge in [0.25, 0.3) is 0 Å². The van der Waals surface area contributed by atoms with E-state index in [-0.39, 0.29) is 43.4 Å². The second-order valence-electron chi connectivity index (χ2n) is 6.85. The van der Waals surface area contributed by atoms with Crippen LogP contribution < -0.4 is 4.90 Å². The van der Waals surface area contributed by atoms with Crippen molar-refractivity contribution in [1.82, 2.24) is 9.80 Å². The number of carbonyl (C=O) groups is 3. The van der Waals surface area contributed by atoms with Gasteiger partial charge in [0.1, 0.15) is 13.2 Å². The summed E-state index contributed by atoms with van der Waals surface area (Å²) in [5.41, 5.74) is 1.51. The van der Waals surface area contributed by atoms with Gasteiger partial charge in [-0.15, -0.1) is 0 Å². The Morgan fingerprint density at radius 3 is 2.62 bits per heavy atom. The molecule has 0 saturated carbocycles. The Morgan fingerprint density at radius 2 is 2.00 bits per heavy atom. The maximum atomic E-state index is 12.7. The molecular weight excluding hydrogens is 354 g/mol. The third-order valence-electron chi connectivity index (χ3n) is 4.45. The number of carbonyl (C=O) groups excluding carboxylic acids is 3. The molecule has 0 spiro atoms. The smallest absolute Gasteiger partial charge is 0.248 e. The number of benzene rings is 1. The molecule has 0 N–H and O–H groups in total. The molecule has 0 unspecified atom stereocenters. The summed E-state index contributed by atoms with van der Waals surface area (Å²) < 4.78 is 0. The van der Waals surface area contributed by atoms with Gasteiger partial charge in [-0.3, -0.25) is 19.3 Å². The number of anilines is 1. The molecule has 3 amide bonds. The molecule has 1 aromatic carbocycles. The molecule has 26 heavy (non-hydrogen) atoms. The van der Waals surface area contributed by atoms with E-state index in [1.807, 2.05) is 33.8 Å². The SMILES string of the molecule is CCCN(CC(=O)N1CC(=O)N(c2cccc(Cl)c2C)C1)C(=O)C(C)C. The predicted octanol–water partition coefficient (Wildman–Crippen LogP) is 2.68. The molecule has 1 saturated heterocycles. The topological polar surface area (TPSA) is 60.9 Å². The lowest BCUT2D eigenvalue weighted by atomic mass is 10.2. The van der Waals surface area contributed by atoms with Crippen molar-refractivity contribution in [3.8, 4) is 0 Å². The van der Waals surface area contributed by atoms with Crippen molar-refractivity contribution in [2.45, 2.75) is 34.1 Å². The molecule has 1 aliphatic heterocycles. The molecule has 0 bridgehead atoms. The van der Waals surface area contributed by atoms with E-state index < -0.39 is 0 Å². The van der Waals surface area contributed by atoms with E-state index in [0.29, 0.717) is 17.3 Å². The van der Waals surface area contributed by atoms with Gasteiger partial charge in [0.2, 0.25) is 17.7 Å². The van der Waals surface area contributed by atoms with Gasteiger partial charge in [0, 0.05) is 23.2 Å². The van der Waals surface area contributed by atoms with Crippen LogP contribution >= 0.6 is 11.6 Å². The summed E-state index contributed by atoms with van der Waals surface area (Å²) in [6, 6.07) is 5.37. The van der Waals surface area contributed by atoms with E-state index >= 15 is 0 Å². The lowest BCUT2D eigenvalue weighted by Crippen LogP contribution is -2.44. The van der Waals surface area contributed by atoms with Crippen molar-refractivity contribution in [3.63, 3.8) is 0 Å². The number of nitrogens with zero attached hydrogens (tertiary/aromatic N) is 3. The van der Waals surface area contributed by atoms with E-state index in [2.05, 4.69) is 0 Å². The van der Waals surface area contributed by atoms with E-state index in [0.717, 1.165) is 12.0 Å². The van der Waals surface area contributed by atoms with Gasteiger partial charge < -0.3 is 9.80 Å². The first-order chi connectivity index (χ1) is 12.3. The van der Waals surface area contributed by atoms with Crippen LogP contribution in [-0.4, -0.2) is 53.8 Å². The number of halogens is 1. The van der Waals surface area contributed by atoms with Crippen molar-refractivity contribution < 1.29 is 14.4 Å². The van der Waals surface area contributed by atoms with Crippen molar-refractivity contribution in [2.24, 2.45) is 5.92 Å². The van der Waals surface area contributed by atoms with E-state index in [1.54, 1.807) is 21.9 Å². The standard InChI is InChI=1S/C19H26ClN3O3/c1-5-9-21(19(26)13(2)3)10-17(24)22-11-18(25)23(12-22)16-8-6-7-15(20)14(16)4/h6-8,13H,5,9-12H2,1-4H3. The number of hydrogen-bond acceptors (Lipinski definition) is 3. The number of amides is 3. The zero-order chi connectivity index (χ0) is 19.4. The lowest BCUT2D eigenvalue weighted by molar-refractivity contribution is -0.142. The fraction of sp³-hybridized carbons (Fsp3) is 0.526. The summed E-state index contributed by atoms with van der Waals surface area (Å²) in [5.74, 6) is -0.586. The molecule has 1 aliphatic rings. The van der Waals surface area contributed by atoms with Crippen molar-refractivity contribution in [1.29, 1.82) is 0 Å². The Bertz CT molecular complexity index is 705. The molecule has 1 fully saturated rings. The fourth-order valence-corrected chi connectivity index (χ4v) is 3.15. The Labute approximate surface area is 159 Å². The first-order valence-electron chi connectivity index (χ1n) is 8.88. The van der Waals surface area contributed by atoms with Crippen LogP contribution in [0.2, 0.25) is 5.02 Å². The third-order valence-corrected chi connectivity index (χ3v) is 4.86. The average Bonchev–Trinajstić information content (AvgIpc) is 2.98. The van der Waals surface area contributed by atoms with Gasteiger partial charge in [-0.05, 0) is 31.0 Å². The Hall–Kier alpha value is -2.08. The highest BCUT2D eigenvalue weighted by molar-refractivity contribution is 6.31. The minimum absolute atomic E-state index is 0.000497. The molecule has 1 aromatic rings. The highest BCUT2D eigenvalue weighted by Crippen LogP contribution is 2.28. The van der Waals surface area contributed by atoms with Crippen molar-refractivity contribution >= 4 is 35.0 Å². The average molecular weight is 380 g/mol. The summed E-state index contributed by atoms with van der Waals surface area (Å²) in [4.78, 5) is 42.0. The Morgan fingerprint density at radius 1 is 1.31 bits per heavy atom. The molecular formula is C19H26ClN3O3. The summed E-state index contributed by atoms with van der Waals surface area (Å²) >= 11 is 6.14. The maximum absolute atomic E-state index is 12.7. The van der Waals surface area contributed by atoms with Gasteiger partial charge in [-0.25, -0.2) is 0 Å². The molecule has 142 valence electrons. The van der Waals surface area contributed by atoms with Crippen LogP contribution in [0.3, 0.4) is 0 Å². The molecule has 0 radical (unpaired) electrons. The van der Waals surface area contributed by atoms with Gasteiger partial charge in [0.15, 0.2) is 0 Å². The first kappa shape index (κ1) is 20.2. The summed E-state index contributed by atoms with van der Waals surface area (Å²) in [6.07, 6.45) is 0.776. The van der Waals surface area contributed by atoms with Crippen molar-refractivity contribution in [3.05, 3.63) is 28.8 Å². The van der Waals surface area contributed by atoms with Gasteiger partial charge >= 0.3 is 0 Å². The fourth-order valence-electron chi connectivity index (χ4n) is 2.98. The van der Waals surface area contributed by atoms with Crippen LogP contribution in [0, 0.1) is 12.8 Å². The van der Waals surface area contributed by atoms with Gasteiger partial charge in [0.05, 0.1) is 6.54 Å². The quantitative estimate of drug-likeness (QED) is 0.763.